The monoisotopic (exact) mass is 212 g/mol. The molecule has 1 aromatic heterocycles. The van der Waals surface area contributed by atoms with Crippen molar-refractivity contribution in [3.8, 4) is 0 Å². The molecule has 1 heterocycles. The molecule has 15 heavy (non-hydrogen) atoms. The van der Waals surface area contributed by atoms with Crippen LogP contribution >= 0.6 is 0 Å². The summed E-state index contributed by atoms with van der Waals surface area (Å²) in [5, 5.41) is 21.8. The van der Waals surface area contributed by atoms with Crippen molar-refractivity contribution in [2.75, 3.05) is 7.11 Å². The van der Waals surface area contributed by atoms with Gasteiger partial charge in [0.2, 0.25) is 0 Å². The second-order valence-corrected chi connectivity index (χ2v) is 2.78. The van der Waals surface area contributed by atoms with Crippen LogP contribution in [-0.4, -0.2) is 18.0 Å². The lowest BCUT2D eigenvalue weighted by Gasteiger charge is -2.04. The van der Waals surface area contributed by atoms with Crippen molar-refractivity contribution in [3.63, 3.8) is 0 Å². The van der Waals surface area contributed by atoms with Crippen LogP contribution in [0.3, 0.4) is 0 Å². The van der Waals surface area contributed by atoms with Gasteiger partial charge in [0.15, 0.2) is 5.69 Å². The highest BCUT2D eigenvalue weighted by molar-refractivity contribution is 5.86. The second-order valence-electron chi connectivity index (χ2n) is 2.78. The maximum atomic E-state index is 11.3. The Kier molecular flexibility index (Phi) is 2.84. The summed E-state index contributed by atoms with van der Waals surface area (Å²) in [4.78, 5) is 20.9. The van der Waals surface area contributed by atoms with Crippen molar-refractivity contribution in [2.24, 2.45) is 0 Å². The van der Waals surface area contributed by atoms with E-state index in [1.54, 1.807) is 0 Å². The Bertz CT molecular complexity index is 429. The number of hydrogen-bond donors (Lipinski definition) is 0. The number of carbonyl (C=O) groups excluding carboxylic acids is 1. The molecular weight excluding hydrogens is 204 g/mol. The van der Waals surface area contributed by atoms with Gasteiger partial charge in [-0.15, -0.1) is 0 Å². The van der Waals surface area contributed by atoms with Crippen LogP contribution in [0.5, 0.6) is 0 Å². The molecule has 0 saturated carbocycles. The molecule has 80 valence electrons. The van der Waals surface area contributed by atoms with Gasteiger partial charge in [0.25, 0.3) is 5.69 Å². The Balaban J connectivity index is 3.37. The van der Waals surface area contributed by atoms with Gasteiger partial charge in [0.1, 0.15) is 0 Å². The van der Waals surface area contributed by atoms with Gasteiger partial charge in [-0.1, -0.05) is 0 Å². The van der Waals surface area contributed by atoms with Crippen LogP contribution in [-0.2, 0) is 4.74 Å². The Labute approximate surface area is 84.6 Å². The highest BCUT2D eigenvalue weighted by Gasteiger charge is 2.23. The topological polar surface area (TPSA) is 96.4 Å². The van der Waals surface area contributed by atoms with Crippen LogP contribution in [0.25, 0.3) is 0 Å². The summed E-state index contributed by atoms with van der Waals surface area (Å²) in [5.74, 6) is -0.906. The van der Waals surface area contributed by atoms with Gasteiger partial charge in [-0.2, -0.15) is 4.73 Å². The molecule has 0 saturated heterocycles. The van der Waals surface area contributed by atoms with E-state index in [2.05, 4.69) is 4.74 Å². The van der Waals surface area contributed by atoms with Gasteiger partial charge in [0.05, 0.1) is 24.2 Å². The first-order valence-corrected chi connectivity index (χ1v) is 3.94. The zero-order valence-electron chi connectivity index (χ0n) is 8.09. The van der Waals surface area contributed by atoms with E-state index in [4.69, 9.17) is 0 Å². The number of nitro groups is 1. The maximum absolute atomic E-state index is 11.3. The zero-order chi connectivity index (χ0) is 11.6. The molecule has 0 fully saturated rings. The van der Waals surface area contributed by atoms with Gasteiger partial charge in [-0.3, -0.25) is 10.1 Å². The number of carbonyl (C=O) groups is 1. The lowest BCUT2D eigenvalue weighted by Crippen LogP contribution is -2.38. The van der Waals surface area contributed by atoms with Crippen molar-refractivity contribution in [3.05, 3.63) is 38.8 Å². The molecule has 0 bridgehead atoms. The first kappa shape index (κ1) is 10.9. The Morgan fingerprint density at radius 1 is 1.53 bits per heavy atom. The van der Waals surface area contributed by atoms with Crippen molar-refractivity contribution >= 4 is 11.7 Å². The van der Waals surface area contributed by atoms with Gasteiger partial charge in [-0.25, -0.2) is 4.79 Å². The minimum Gasteiger partial charge on any atom is -0.618 e. The van der Waals surface area contributed by atoms with E-state index >= 15 is 0 Å². The average Bonchev–Trinajstić information content (AvgIpc) is 2.20. The lowest BCUT2D eigenvalue weighted by atomic mass is 10.2. The number of esters is 1. The van der Waals surface area contributed by atoms with Gasteiger partial charge < -0.3 is 9.94 Å². The summed E-state index contributed by atoms with van der Waals surface area (Å²) in [7, 11) is 1.09. The van der Waals surface area contributed by atoms with E-state index in [0.29, 0.717) is 4.73 Å². The van der Waals surface area contributed by atoms with E-state index in [-0.39, 0.29) is 11.4 Å². The van der Waals surface area contributed by atoms with Crippen LogP contribution in [0.15, 0.2) is 12.1 Å². The normalized spacial score (nSPS) is 9.73. The number of rotatable bonds is 2. The van der Waals surface area contributed by atoms with Crippen LogP contribution in [0.2, 0.25) is 0 Å². The molecule has 0 N–H and O–H groups in total. The van der Waals surface area contributed by atoms with Crippen molar-refractivity contribution in [1.29, 1.82) is 0 Å². The smallest absolute Gasteiger partial charge is 0.405 e. The highest BCUT2D eigenvalue weighted by atomic mass is 16.6. The molecule has 0 aliphatic carbocycles. The van der Waals surface area contributed by atoms with Gasteiger partial charge in [0, 0.05) is 6.92 Å². The molecule has 0 amide bonds. The number of methoxy groups -OCH3 is 1. The van der Waals surface area contributed by atoms with Crippen LogP contribution < -0.4 is 4.73 Å². The Hall–Kier alpha value is -2.18. The zero-order valence-corrected chi connectivity index (χ0v) is 8.09. The summed E-state index contributed by atoms with van der Waals surface area (Å²) in [6.45, 7) is 1.37. The molecule has 0 spiro atoms. The fourth-order valence-electron chi connectivity index (χ4n) is 1.05. The number of ether oxygens (including phenoxy) is 1. The molecule has 1 aromatic rings. The standard InChI is InChI=1S/C8H8N2O5/c1-5-3-6(10(13)14)4-7(9(5)12)8(11)15-2/h3-4H,1-2H3. The van der Waals surface area contributed by atoms with E-state index in [0.717, 1.165) is 19.2 Å². The Morgan fingerprint density at radius 3 is 2.60 bits per heavy atom. The summed E-state index contributed by atoms with van der Waals surface area (Å²) < 4.78 is 4.61. The summed E-state index contributed by atoms with van der Waals surface area (Å²) in [6.07, 6.45) is 0. The third-order valence-electron chi connectivity index (χ3n) is 1.79. The molecule has 0 aliphatic heterocycles. The third kappa shape index (κ3) is 2.01. The fourth-order valence-corrected chi connectivity index (χ4v) is 1.05. The van der Waals surface area contributed by atoms with Crippen molar-refractivity contribution in [2.45, 2.75) is 6.92 Å². The molecular formula is C8H8N2O5. The van der Waals surface area contributed by atoms with E-state index in [9.17, 15) is 20.1 Å². The SMILES string of the molecule is COC(=O)c1cc([N+](=O)[O-])cc(C)[n+]1[O-]. The maximum Gasteiger partial charge on any atom is 0.405 e. The number of nitrogens with zero attached hydrogens (tertiary/aromatic N) is 2. The summed E-state index contributed by atoms with van der Waals surface area (Å²) in [6, 6.07) is 1.96. The fraction of sp³-hybridized carbons (Fsp3) is 0.250. The summed E-state index contributed by atoms with van der Waals surface area (Å²) in [5.41, 5.74) is -0.659. The second kappa shape index (κ2) is 3.91. The predicted molar refractivity (Wildman–Crippen MR) is 48.1 cm³/mol. The van der Waals surface area contributed by atoms with Crippen LogP contribution in [0.4, 0.5) is 5.69 Å². The molecule has 7 nitrogen and oxygen atoms in total. The molecule has 0 aliphatic rings. The Morgan fingerprint density at radius 2 is 2.13 bits per heavy atom. The number of pyridine rings is 1. The van der Waals surface area contributed by atoms with Gasteiger partial charge >= 0.3 is 11.7 Å². The first-order valence-electron chi connectivity index (χ1n) is 3.94. The largest absolute Gasteiger partial charge is 0.618 e. The molecule has 7 heteroatoms. The van der Waals surface area contributed by atoms with Gasteiger partial charge in [-0.05, 0) is 0 Å². The predicted octanol–water partition coefficient (Wildman–Crippen LogP) is 0.323. The van der Waals surface area contributed by atoms with E-state index in [1.807, 2.05) is 0 Å². The summed E-state index contributed by atoms with van der Waals surface area (Å²) >= 11 is 0. The van der Waals surface area contributed by atoms with E-state index < -0.39 is 16.6 Å². The number of aromatic nitrogens is 1. The minimum absolute atomic E-state index is 0.0598. The first-order chi connectivity index (χ1) is 6.97. The van der Waals surface area contributed by atoms with E-state index in [1.165, 1.54) is 6.92 Å². The molecule has 0 atom stereocenters. The quantitative estimate of drug-likeness (QED) is 0.231. The molecule has 1 rings (SSSR count). The number of hydrogen-bond acceptors (Lipinski definition) is 5. The molecule has 0 aromatic carbocycles. The highest BCUT2D eigenvalue weighted by Crippen LogP contribution is 2.12. The number of aryl methyl sites for hydroxylation is 1. The molecule has 0 radical (unpaired) electrons. The minimum atomic E-state index is -0.906. The van der Waals surface area contributed by atoms with Crippen LogP contribution in [0, 0.1) is 22.2 Å². The van der Waals surface area contributed by atoms with Crippen molar-refractivity contribution in [1.82, 2.24) is 0 Å². The van der Waals surface area contributed by atoms with Crippen LogP contribution in [0.1, 0.15) is 16.2 Å². The average molecular weight is 212 g/mol. The molecule has 0 unspecified atom stereocenters. The lowest BCUT2D eigenvalue weighted by molar-refractivity contribution is -0.616. The van der Waals surface area contributed by atoms with Crippen molar-refractivity contribution < 1.29 is 19.2 Å². The third-order valence-corrected chi connectivity index (χ3v) is 1.79.